The second kappa shape index (κ2) is 5.65. The average Bonchev–Trinajstić information content (AvgIpc) is 2.77. The maximum absolute atomic E-state index is 13.7. The van der Waals surface area contributed by atoms with E-state index in [2.05, 4.69) is 5.10 Å². The zero-order valence-electron chi connectivity index (χ0n) is 10.6. The fourth-order valence-corrected chi connectivity index (χ4v) is 2.08. The molecule has 1 heterocycles. The molecule has 100 valence electrons. The van der Waals surface area contributed by atoms with Crippen molar-refractivity contribution in [3.05, 3.63) is 53.6 Å². The van der Waals surface area contributed by atoms with Gasteiger partial charge in [-0.1, -0.05) is 18.2 Å². The molecule has 0 aliphatic heterocycles. The molecule has 19 heavy (non-hydrogen) atoms. The highest BCUT2D eigenvalue weighted by Crippen LogP contribution is 2.24. The standard InChI is InChI=1S/C14H15FN2O2/c1-17-9-10(8-16-17)6-7-12(14(18)19)11-4-2-3-5-13(11)15/h2-5,8-9,12H,6-7H2,1H3,(H,18,19). The minimum absolute atomic E-state index is 0.235. The number of rotatable bonds is 5. The minimum atomic E-state index is -1.01. The van der Waals surface area contributed by atoms with Crippen LogP contribution in [0.3, 0.4) is 0 Å². The molecule has 0 saturated heterocycles. The Bertz CT molecular complexity index is 580. The first-order valence-corrected chi connectivity index (χ1v) is 6.02. The van der Waals surface area contributed by atoms with E-state index in [4.69, 9.17) is 0 Å². The van der Waals surface area contributed by atoms with E-state index in [1.807, 2.05) is 6.20 Å². The highest BCUT2D eigenvalue weighted by Gasteiger charge is 2.22. The molecule has 0 spiro atoms. The maximum atomic E-state index is 13.7. The van der Waals surface area contributed by atoms with E-state index in [0.29, 0.717) is 12.8 Å². The Balaban J connectivity index is 2.13. The zero-order valence-corrected chi connectivity index (χ0v) is 10.6. The van der Waals surface area contributed by atoms with E-state index in [-0.39, 0.29) is 5.56 Å². The second-order valence-corrected chi connectivity index (χ2v) is 4.47. The van der Waals surface area contributed by atoms with Gasteiger partial charge in [-0.3, -0.25) is 9.48 Å². The van der Waals surface area contributed by atoms with Crippen molar-refractivity contribution in [2.45, 2.75) is 18.8 Å². The van der Waals surface area contributed by atoms with Gasteiger partial charge in [-0.05, 0) is 24.5 Å². The molecule has 0 fully saturated rings. The van der Waals surface area contributed by atoms with Crippen LogP contribution in [-0.4, -0.2) is 20.9 Å². The molecule has 1 unspecified atom stereocenters. The van der Waals surface area contributed by atoms with Gasteiger partial charge in [-0.15, -0.1) is 0 Å². The minimum Gasteiger partial charge on any atom is -0.481 e. The summed E-state index contributed by atoms with van der Waals surface area (Å²) in [4.78, 5) is 11.3. The van der Waals surface area contributed by atoms with Crippen molar-refractivity contribution < 1.29 is 14.3 Å². The predicted octanol–water partition coefficient (Wildman–Crippen LogP) is 2.36. The SMILES string of the molecule is Cn1cc(CCC(C(=O)O)c2ccccc2F)cn1. The van der Waals surface area contributed by atoms with Crippen molar-refractivity contribution in [1.29, 1.82) is 0 Å². The number of carbonyl (C=O) groups is 1. The molecule has 4 nitrogen and oxygen atoms in total. The van der Waals surface area contributed by atoms with Gasteiger partial charge in [0.2, 0.25) is 0 Å². The van der Waals surface area contributed by atoms with Crippen molar-refractivity contribution >= 4 is 5.97 Å². The lowest BCUT2D eigenvalue weighted by Crippen LogP contribution is -2.14. The third-order valence-electron chi connectivity index (χ3n) is 3.06. The normalized spacial score (nSPS) is 12.3. The van der Waals surface area contributed by atoms with Crippen LogP contribution in [0.1, 0.15) is 23.5 Å². The van der Waals surface area contributed by atoms with Gasteiger partial charge in [0.15, 0.2) is 0 Å². The predicted molar refractivity (Wildman–Crippen MR) is 68.3 cm³/mol. The number of halogens is 1. The van der Waals surface area contributed by atoms with Crippen molar-refractivity contribution in [2.24, 2.45) is 7.05 Å². The van der Waals surface area contributed by atoms with E-state index < -0.39 is 17.7 Å². The summed E-state index contributed by atoms with van der Waals surface area (Å²) in [6, 6.07) is 6.02. The summed E-state index contributed by atoms with van der Waals surface area (Å²) in [6.45, 7) is 0. The molecule has 0 aliphatic rings. The summed E-state index contributed by atoms with van der Waals surface area (Å²) in [7, 11) is 1.80. The zero-order chi connectivity index (χ0) is 13.8. The van der Waals surface area contributed by atoms with Crippen LogP contribution in [0, 0.1) is 5.82 Å². The van der Waals surface area contributed by atoms with E-state index >= 15 is 0 Å². The summed E-state index contributed by atoms with van der Waals surface area (Å²) in [5.74, 6) is -2.31. The summed E-state index contributed by atoms with van der Waals surface area (Å²) >= 11 is 0. The van der Waals surface area contributed by atoms with Crippen LogP contribution in [0.15, 0.2) is 36.7 Å². The highest BCUT2D eigenvalue weighted by molar-refractivity contribution is 5.76. The summed E-state index contributed by atoms with van der Waals surface area (Å²) in [5, 5.41) is 13.3. The molecule has 0 saturated carbocycles. The summed E-state index contributed by atoms with van der Waals surface area (Å²) in [6.07, 6.45) is 4.43. The fraction of sp³-hybridized carbons (Fsp3) is 0.286. The first-order chi connectivity index (χ1) is 9.08. The molecule has 0 amide bonds. The molecule has 0 bridgehead atoms. The molecule has 1 aromatic heterocycles. The summed E-state index contributed by atoms with van der Waals surface area (Å²) in [5.41, 5.74) is 1.18. The number of benzene rings is 1. The van der Waals surface area contributed by atoms with Crippen LogP contribution in [0.5, 0.6) is 0 Å². The molecule has 2 rings (SSSR count). The Hall–Kier alpha value is -2.17. The van der Waals surface area contributed by atoms with Crippen molar-refractivity contribution in [2.75, 3.05) is 0 Å². The van der Waals surface area contributed by atoms with Crippen LogP contribution in [0.2, 0.25) is 0 Å². The molecular weight excluding hydrogens is 247 g/mol. The summed E-state index contributed by atoms with van der Waals surface area (Å²) < 4.78 is 15.3. The number of aryl methyl sites for hydroxylation is 2. The second-order valence-electron chi connectivity index (χ2n) is 4.47. The smallest absolute Gasteiger partial charge is 0.311 e. The van der Waals surface area contributed by atoms with Crippen molar-refractivity contribution in [3.63, 3.8) is 0 Å². The van der Waals surface area contributed by atoms with E-state index in [9.17, 15) is 14.3 Å². The molecule has 0 aliphatic carbocycles. The number of hydrogen-bond donors (Lipinski definition) is 1. The van der Waals surface area contributed by atoms with Crippen LogP contribution >= 0.6 is 0 Å². The number of carboxylic acids is 1. The number of hydrogen-bond acceptors (Lipinski definition) is 2. The van der Waals surface area contributed by atoms with Crippen molar-refractivity contribution in [3.8, 4) is 0 Å². The fourth-order valence-electron chi connectivity index (χ4n) is 2.08. The largest absolute Gasteiger partial charge is 0.481 e. The number of nitrogens with zero attached hydrogens (tertiary/aromatic N) is 2. The monoisotopic (exact) mass is 262 g/mol. The highest BCUT2D eigenvalue weighted by atomic mass is 19.1. The lowest BCUT2D eigenvalue weighted by atomic mass is 9.93. The molecule has 0 radical (unpaired) electrons. The lowest BCUT2D eigenvalue weighted by molar-refractivity contribution is -0.139. The van der Waals surface area contributed by atoms with Crippen LogP contribution in [-0.2, 0) is 18.3 Å². The number of aromatic nitrogens is 2. The quantitative estimate of drug-likeness (QED) is 0.900. The third kappa shape index (κ3) is 3.19. The topological polar surface area (TPSA) is 55.1 Å². The molecule has 2 aromatic rings. The maximum Gasteiger partial charge on any atom is 0.311 e. The first kappa shape index (κ1) is 13.3. The van der Waals surface area contributed by atoms with Gasteiger partial charge >= 0.3 is 5.97 Å². The van der Waals surface area contributed by atoms with Crippen LogP contribution in [0.4, 0.5) is 4.39 Å². The van der Waals surface area contributed by atoms with Crippen LogP contribution < -0.4 is 0 Å². The van der Waals surface area contributed by atoms with Gasteiger partial charge in [-0.25, -0.2) is 4.39 Å². The van der Waals surface area contributed by atoms with Gasteiger partial charge in [0, 0.05) is 18.8 Å². The number of aliphatic carboxylic acids is 1. The molecule has 1 aromatic carbocycles. The third-order valence-corrected chi connectivity index (χ3v) is 3.06. The Morgan fingerprint density at radius 2 is 2.21 bits per heavy atom. The van der Waals surface area contributed by atoms with Gasteiger partial charge in [0.05, 0.1) is 12.1 Å². The van der Waals surface area contributed by atoms with E-state index in [0.717, 1.165) is 5.56 Å². The Morgan fingerprint density at radius 3 is 2.79 bits per heavy atom. The van der Waals surface area contributed by atoms with Gasteiger partial charge in [-0.2, -0.15) is 5.10 Å². The van der Waals surface area contributed by atoms with Crippen LogP contribution in [0.25, 0.3) is 0 Å². The Kier molecular flexibility index (Phi) is 3.94. The van der Waals surface area contributed by atoms with Gasteiger partial charge < -0.3 is 5.11 Å². The lowest BCUT2D eigenvalue weighted by Gasteiger charge is -2.12. The van der Waals surface area contributed by atoms with Gasteiger partial charge in [0.25, 0.3) is 0 Å². The molecule has 1 N–H and O–H groups in total. The molecule has 5 heteroatoms. The van der Waals surface area contributed by atoms with E-state index in [1.54, 1.807) is 30.1 Å². The van der Waals surface area contributed by atoms with E-state index in [1.165, 1.54) is 12.1 Å². The number of carboxylic acid groups (broad SMARTS) is 1. The molecule has 1 atom stereocenters. The average molecular weight is 262 g/mol. The Labute approximate surface area is 110 Å². The Morgan fingerprint density at radius 1 is 1.47 bits per heavy atom. The molecular formula is C14H15FN2O2. The van der Waals surface area contributed by atoms with Gasteiger partial charge in [0.1, 0.15) is 5.82 Å². The van der Waals surface area contributed by atoms with Crippen molar-refractivity contribution in [1.82, 2.24) is 9.78 Å². The first-order valence-electron chi connectivity index (χ1n) is 6.02.